The van der Waals surface area contributed by atoms with Gasteiger partial charge in [0, 0.05) is 25.9 Å². The minimum atomic E-state index is -0.228. The lowest BCUT2D eigenvalue weighted by atomic mass is 10.2. The zero-order valence-corrected chi connectivity index (χ0v) is 18.4. The lowest BCUT2D eigenvalue weighted by molar-refractivity contribution is -0.122. The van der Waals surface area contributed by atoms with Crippen molar-refractivity contribution in [1.29, 1.82) is 0 Å². The summed E-state index contributed by atoms with van der Waals surface area (Å²) in [7, 11) is 0. The van der Waals surface area contributed by atoms with Crippen LogP contribution >= 0.6 is 24.0 Å². The summed E-state index contributed by atoms with van der Waals surface area (Å²) in [6.07, 6.45) is 7.27. The molecule has 158 valence electrons. The molecule has 1 unspecified atom stereocenters. The van der Waals surface area contributed by atoms with Gasteiger partial charge in [-0.2, -0.15) is 0 Å². The molecule has 0 aliphatic carbocycles. The third kappa shape index (κ3) is 4.28. The summed E-state index contributed by atoms with van der Waals surface area (Å²) in [6.45, 7) is 3.99. The predicted octanol–water partition coefficient (Wildman–Crippen LogP) is 3.29. The Labute approximate surface area is 184 Å². The average molecular weight is 445 g/mol. The van der Waals surface area contributed by atoms with Gasteiger partial charge in [0.25, 0.3) is 11.5 Å². The third-order valence-electron chi connectivity index (χ3n) is 5.17. The molecule has 0 saturated carbocycles. The first kappa shape index (κ1) is 21.0. The monoisotopic (exact) mass is 444 g/mol. The minimum Gasteiger partial charge on any atom is -0.376 e. The van der Waals surface area contributed by atoms with Crippen molar-refractivity contribution < 1.29 is 9.53 Å². The number of pyridine rings is 1. The van der Waals surface area contributed by atoms with Crippen LogP contribution in [0.15, 0.2) is 34.1 Å². The van der Waals surface area contributed by atoms with Crippen molar-refractivity contribution in [2.45, 2.75) is 38.7 Å². The molecule has 2 fully saturated rings. The van der Waals surface area contributed by atoms with Gasteiger partial charge in [0.05, 0.1) is 16.6 Å². The Bertz CT molecular complexity index is 1060. The lowest BCUT2D eigenvalue weighted by Crippen LogP contribution is -2.29. The van der Waals surface area contributed by atoms with Crippen molar-refractivity contribution >= 4 is 51.7 Å². The number of unbranched alkanes of at least 4 members (excludes halogenated alkanes) is 1. The molecule has 9 heteroatoms. The molecule has 30 heavy (non-hydrogen) atoms. The van der Waals surface area contributed by atoms with Crippen LogP contribution in [0.25, 0.3) is 11.7 Å². The quantitative estimate of drug-likeness (QED) is 0.519. The zero-order valence-electron chi connectivity index (χ0n) is 16.8. The van der Waals surface area contributed by atoms with Gasteiger partial charge in [0.15, 0.2) is 0 Å². The number of nitrogens with one attached hydrogen (secondary N) is 1. The molecule has 0 aromatic carbocycles. The first-order valence-corrected chi connectivity index (χ1v) is 11.4. The Kier molecular flexibility index (Phi) is 6.50. The molecule has 1 N–H and O–H groups in total. The van der Waals surface area contributed by atoms with Gasteiger partial charge in [-0.05, 0) is 37.5 Å². The highest BCUT2D eigenvalue weighted by Gasteiger charge is 2.32. The molecular weight excluding hydrogens is 420 g/mol. The topological polar surface area (TPSA) is 75.9 Å². The summed E-state index contributed by atoms with van der Waals surface area (Å²) in [5, 5.41) is 3.27. The Hall–Kier alpha value is -2.23. The van der Waals surface area contributed by atoms with E-state index in [1.165, 1.54) is 16.2 Å². The van der Waals surface area contributed by atoms with E-state index in [4.69, 9.17) is 17.0 Å². The maximum Gasteiger partial charge on any atom is 0.267 e. The van der Waals surface area contributed by atoms with E-state index in [2.05, 4.69) is 17.2 Å². The number of amides is 1. The number of fused-ring (bicyclic) bond motifs is 1. The summed E-state index contributed by atoms with van der Waals surface area (Å²) < 4.78 is 7.69. The number of thiocarbonyl (C=S) groups is 1. The summed E-state index contributed by atoms with van der Waals surface area (Å²) in [5.74, 6) is 0.307. The van der Waals surface area contributed by atoms with E-state index in [-0.39, 0.29) is 17.6 Å². The third-order valence-corrected chi connectivity index (χ3v) is 6.55. The van der Waals surface area contributed by atoms with Gasteiger partial charge < -0.3 is 10.1 Å². The van der Waals surface area contributed by atoms with Gasteiger partial charge >= 0.3 is 0 Å². The number of hydrogen-bond acceptors (Lipinski definition) is 7. The molecule has 0 radical (unpaired) electrons. The van der Waals surface area contributed by atoms with Gasteiger partial charge in [0.2, 0.25) is 0 Å². The molecule has 2 aromatic heterocycles. The molecule has 0 bridgehead atoms. The number of carbonyl (C=O) groups is 1. The van der Waals surface area contributed by atoms with Crippen LogP contribution in [0.5, 0.6) is 0 Å². The number of thioether (sulfide) groups is 1. The maximum atomic E-state index is 13.2. The average Bonchev–Trinajstić information content (AvgIpc) is 3.36. The SMILES string of the molecule is CCCCN1C(=O)C(=Cc2c(NCC3CCCO3)nc3ccccn3c2=O)SC1=S. The van der Waals surface area contributed by atoms with Crippen LogP contribution < -0.4 is 10.9 Å². The molecular formula is C21H24N4O3S2. The second-order valence-corrected chi connectivity index (χ2v) is 8.99. The van der Waals surface area contributed by atoms with E-state index in [1.807, 2.05) is 6.07 Å². The molecule has 1 amide bonds. The standard InChI is InChI=1S/C21H24N4O3S2/c1-2-3-9-25-20(27)16(30-21(25)29)12-15-18(22-13-14-7-6-11-28-14)23-17-8-4-5-10-24(17)19(15)26/h4-5,8,10,12,14,22H,2-3,6-7,9,11,13H2,1H3. The highest BCUT2D eigenvalue weighted by atomic mass is 32.2. The summed E-state index contributed by atoms with van der Waals surface area (Å²) in [4.78, 5) is 32.8. The number of carbonyl (C=O) groups excluding carboxylic acids is 1. The van der Waals surface area contributed by atoms with Crippen LogP contribution in [0.1, 0.15) is 38.2 Å². The van der Waals surface area contributed by atoms with Gasteiger partial charge in [-0.25, -0.2) is 4.98 Å². The number of ether oxygens (including phenoxy) is 1. The number of anilines is 1. The second-order valence-electron chi connectivity index (χ2n) is 7.31. The molecule has 4 rings (SSSR count). The van der Waals surface area contributed by atoms with Crippen molar-refractivity contribution in [3.8, 4) is 0 Å². The summed E-state index contributed by atoms with van der Waals surface area (Å²) in [5.41, 5.74) is 0.673. The molecule has 7 nitrogen and oxygen atoms in total. The fourth-order valence-electron chi connectivity index (χ4n) is 3.52. The second kappa shape index (κ2) is 9.28. The molecule has 0 spiro atoms. The maximum absolute atomic E-state index is 13.2. The van der Waals surface area contributed by atoms with Crippen LogP contribution in [0.4, 0.5) is 5.82 Å². The van der Waals surface area contributed by atoms with E-state index < -0.39 is 0 Å². The predicted molar refractivity (Wildman–Crippen MR) is 124 cm³/mol. The van der Waals surface area contributed by atoms with E-state index in [1.54, 1.807) is 29.3 Å². The van der Waals surface area contributed by atoms with Gasteiger partial charge in [-0.1, -0.05) is 43.4 Å². The van der Waals surface area contributed by atoms with E-state index in [9.17, 15) is 9.59 Å². The Morgan fingerprint density at radius 3 is 3.03 bits per heavy atom. The van der Waals surface area contributed by atoms with Crippen molar-refractivity contribution in [2.24, 2.45) is 0 Å². The number of nitrogens with zero attached hydrogens (tertiary/aromatic N) is 3. The Morgan fingerprint density at radius 1 is 1.40 bits per heavy atom. The van der Waals surface area contributed by atoms with Gasteiger partial charge in [0.1, 0.15) is 15.8 Å². The number of aromatic nitrogens is 2. The van der Waals surface area contributed by atoms with E-state index >= 15 is 0 Å². The van der Waals surface area contributed by atoms with Crippen LogP contribution in [-0.4, -0.2) is 50.3 Å². The van der Waals surface area contributed by atoms with Gasteiger partial charge in [-0.15, -0.1) is 0 Å². The number of rotatable bonds is 7. The highest BCUT2D eigenvalue weighted by Crippen LogP contribution is 2.33. The lowest BCUT2D eigenvalue weighted by Gasteiger charge is -2.14. The molecule has 2 aliphatic heterocycles. The van der Waals surface area contributed by atoms with Crippen LogP contribution in [0.2, 0.25) is 0 Å². The smallest absolute Gasteiger partial charge is 0.267 e. The normalized spacial score (nSPS) is 20.6. The van der Waals surface area contributed by atoms with Crippen LogP contribution in [-0.2, 0) is 9.53 Å². The first-order valence-electron chi connectivity index (χ1n) is 10.2. The van der Waals surface area contributed by atoms with Crippen molar-refractivity contribution in [2.75, 3.05) is 25.0 Å². The number of hydrogen-bond donors (Lipinski definition) is 1. The fourth-order valence-corrected chi connectivity index (χ4v) is 4.81. The Morgan fingerprint density at radius 2 is 2.27 bits per heavy atom. The van der Waals surface area contributed by atoms with E-state index in [0.717, 1.165) is 32.3 Å². The summed E-state index contributed by atoms with van der Waals surface area (Å²) >= 11 is 6.62. The van der Waals surface area contributed by atoms with Crippen molar-refractivity contribution in [3.05, 3.63) is 45.2 Å². The molecule has 4 heterocycles. The van der Waals surface area contributed by atoms with E-state index in [0.29, 0.717) is 39.3 Å². The van der Waals surface area contributed by atoms with Crippen LogP contribution in [0.3, 0.4) is 0 Å². The molecule has 2 aliphatic rings. The highest BCUT2D eigenvalue weighted by molar-refractivity contribution is 8.26. The molecule has 1 atom stereocenters. The minimum absolute atomic E-state index is 0.0983. The fraction of sp³-hybridized carbons (Fsp3) is 0.429. The van der Waals surface area contributed by atoms with Crippen molar-refractivity contribution in [3.63, 3.8) is 0 Å². The molecule has 2 aromatic rings. The van der Waals surface area contributed by atoms with Gasteiger partial charge in [-0.3, -0.25) is 18.9 Å². The van der Waals surface area contributed by atoms with Crippen molar-refractivity contribution in [1.82, 2.24) is 14.3 Å². The Balaban J connectivity index is 1.71. The molecule has 2 saturated heterocycles. The first-order chi connectivity index (χ1) is 14.6. The summed E-state index contributed by atoms with van der Waals surface area (Å²) in [6, 6.07) is 5.40. The largest absolute Gasteiger partial charge is 0.376 e. The van der Waals surface area contributed by atoms with Crippen LogP contribution in [0, 0.1) is 0 Å². The zero-order chi connectivity index (χ0) is 21.1.